The molecule has 5 nitrogen and oxygen atoms in total. The van der Waals surface area contributed by atoms with Gasteiger partial charge in [-0.2, -0.15) is 0 Å². The molecule has 2 rings (SSSR count). The second kappa shape index (κ2) is 5.16. The van der Waals surface area contributed by atoms with Crippen molar-refractivity contribution in [1.29, 1.82) is 0 Å². The van der Waals surface area contributed by atoms with E-state index in [-0.39, 0.29) is 11.9 Å². The van der Waals surface area contributed by atoms with Gasteiger partial charge >= 0.3 is 12.0 Å². The number of hydrogen-bond acceptors (Lipinski definition) is 2. The first-order valence-corrected chi connectivity index (χ1v) is 6.75. The van der Waals surface area contributed by atoms with Gasteiger partial charge in [0.1, 0.15) is 0 Å². The number of hydrogen-bond donors (Lipinski definition) is 1. The number of piperidine rings is 1. The Balaban J connectivity index is 1.84. The zero-order valence-electron chi connectivity index (χ0n) is 11.1. The number of nitrogens with zero attached hydrogens (tertiary/aromatic N) is 2. The number of likely N-dealkylation sites (tertiary alicyclic amines) is 1. The summed E-state index contributed by atoms with van der Waals surface area (Å²) in [5.74, 6) is -0.350. The van der Waals surface area contributed by atoms with Crippen molar-refractivity contribution in [3.63, 3.8) is 0 Å². The van der Waals surface area contributed by atoms with E-state index < -0.39 is 5.97 Å². The molecule has 0 aromatic rings. The number of aliphatic carboxylic acids is 1. The predicted molar refractivity (Wildman–Crippen MR) is 67.3 cm³/mol. The van der Waals surface area contributed by atoms with Crippen LogP contribution in [-0.2, 0) is 4.79 Å². The number of carbonyl (C=O) groups is 2. The van der Waals surface area contributed by atoms with Gasteiger partial charge in [0.15, 0.2) is 0 Å². The van der Waals surface area contributed by atoms with Crippen molar-refractivity contribution < 1.29 is 14.7 Å². The van der Waals surface area contributed by atoms with Crippen LogP contribution in [0.3, 0.4) is 0 Å². The third-order valence-corrected chi connectivity index (χ3v) is 4.33. The molecule has 0 radical (unpaired) electrons. The molecule has 1 saturated carbocycles. The molecule has 1 aliphatic heterocycles. The van der Waals surface area contributed by atoms with Crippen LogP contribution < -0.4 is 0 Å². The van der Waals surface area contributed by atoms with Crippen LogP contribution in [0.15, 0.2) is 0 Å². The van der Waals surface area contributed by atoms with E-state index in [1.165, 1.54) is 12.8 Å². The van der Waals surface area contributed by atoms with E-state index in [9.17, 15) is 9.59 Å². The van der Waals surface area contributed by atoms with Crippen LogP contribution in [-0.4, -0.2) is 53.1 Å². The molecule has 2 aliphatic rings. The summed E-state index contributed by atoms with van der Waals surface area (Å²) in [7, 11) is 1.86. The Kier molecular flexibility index (Phi) is 3.78. The van der Waals surface area contributed by atoms with Crippen LogP contribution in [0.5, 0.6) is 0 Å². The van der Waals surface area contributed by atoms with Gasteiger partial charge in [-0.25, -0.2) is 4.79 Å². The standard InChI is InChI=1S/C13H22N2O3/c1-9(10-3-4-10)14(2)13(18)15-7-5-11(6-8-15)12(16)17/h9-11H,3-8H2,1-2H3,(H,16,17). The monoisotopic (exact) mass is 254 g/mol. The fourth-order valence-electron chi connectivity index (χ4n) is 2.61. The lowest BCUT2D eigenvalue weighted by atomic mass is 9.97. The topological polar surface area (TPSA) is 60.9 Å². The van der Waals surface area contributed by atoms with E-state index in [0.29, 0.717) is 37.9 Å². The highest BCUT2D eigenvalue weighted by atomic mass is 16.4. The van der Waals surface area contributed by atoms with Gasteiger partial charge in [0.2, 0.25) is 0 Å². The molecule has 0 aromatic carbocycles. The molecule has 1 heterocycles. The summed E-state index contributed by atoms with van der Waals surface area (Å²) in [5.41, 5.74) is 0. The maximum atomic E-state index is 12.3. The number of urea groups is 1. The summed E-state index contributed by atoms with van der Waals surface area (Å²) in [6, 6.07) is 0.355. The fraction of sp³-hybridized carbons (Fsp3) is 0.846. The summed E-state index contributed by atoms with van der Waals surface area (Å²) in [6.07, 6.45) is 3.60. The van der Waals surface area contributed by atoms with Crippen LogP contribution in [0.2, 0.25) is 0 Å². The van der Waals surface area contributed by atoms with E-state index in [4.69, 9.17) is 5.11 Å². The van der Waals surface area contributed by atoms with Gasteiger partial charge in [-0.3, -0.25) is 4.79 Å². The van der Waals surface area contributed by atoms with Gasteiger partial charge < -0.3 is 14.9 Å². The molecule has 1 N–H and O–H groups in total. The smallest absolute Gasteiger partial charge is 0.319 e. The van der Waals surface area contributed by atoms with Crippen molar-refractivity contribution in [2.24, 2.45) is 11.8 Å². The summed E-state index contributed by atoms with van der Waals surface area (Å²) in [4.78, 5) is 26.7. The maximum Gasteiger partial charge on any atom is 0.319 e. The van der Waals surface area contributed by atoms with Gasteiger partial charge in [0.25, 0.3) is 0 Å². The zero-order chi connectivity index (χ0) is 13.3. The molecule has 2 fully saturated rings. The lowest BCUT2D eigenvalue weighted by molar-refractivity contribution is -0.143. The molecule has 1 saturated heterocycles. The number of amides is 2. The van der Waals surface area contributed by atoms with Crippen molar-refractivity contribution in [3.8, 4) is 0 Å². The maximum absolute atomic E-state index is 12.3. The van der Waals surface area contributed by atoms with Gasteiger partial charge in [-0.05, 0) is 38.5 Å². The Morgan fingerprint density at radius 3 is 2.22 bits per heavy atom. The molecule has 0 spiro atoms. The second-order valence-corrected chi connectivity index (χ2v) is 5.57. The number of carbonyl (C=O) groups excluding carboxylic acids is 1. The predicted octanol–water partition coefficient (Wildman–Crippen LogP) is 1.63. The molecule has 102 valence electrons. The number of carboxylic acid groups (broad SMARTS) is 1. The third-order valence-electron chi connectivity index (χ3n) is 4.33. The summed E-state index contributed by atoms with van der Waals surface area (Å²) in [5, 5.41) is 8.93. The summed E-state index contributed by atoms with van der Waals surface area (Å²) in [6.45, 7) is 3.23. The van der Waals surface area contributed by atoms with E-state index >= 15 is 0 Å². The highest BCUT2D eigenvalue weighted by Gasteiger charge is 2.35. The minimum absolute atomic E-state index is 0.0539. The molecular formula is C13H22N2O3. The highest BCUT2D eigenvalue weighted by Crippen LogP contribution is 2.35. The van der Waals surface area contributed by atoms with Crippen LogP contribution in [0, 0.1) is 11.8 Å². The lowest BCUT2D eigenvalue weighted by Gasteiger charge is -2.35. The van der Waals surface area contributed by atoms with Crippen molar-refractivity contribution in [2.45, 2.75) is 38.6 Å². The minimum atomic E-state index is -0.734. The largest absolute Gasteiger partial charge is 0.481 e. The average molecular weight is 254 g/mol. The molecule has 1 unspecified atom stereocenters. The van der Waals surface area contributed by atoms with Gasteiger partial charge in [-0.1, -0.05) is 0 Å². The van der Waals surface area contributed by atoms with Gasteiger partial charge in [0.05, 0.1) is 5.92 Å². The Bertz CT molecular complexity index is 333. The Morgan fingerprint density at radius 1 is 1.22 bits per heavy atom. The van der Waals surface area contributed by atoms with E-state index in [1.54, 1.807) is 4.90 Å². The first kappa shape index (κ1) is 13.2. The van der Waals surface area contributed by atoms with E-state index in [1.807, 2.05) is 11.9 Å². The second-order valence-electron chi connectivity index (χ2n) is 5.57. The summed E-state index contributed by atoms with van der Waals surface area (Å²) >= 11 is 0. The van der Waals surface area contributed by atoms with E-state index in [2.05, 4.69) is 6.92 Å². The number of carboxylic acids is 1. The summed E-state index contributed by atoms with van der Waals surface area (Å²) < 4.78 is 0. The molecule has 0 aromatic heterocycles. The first-order chi connectivity index (χ1) is 8.50. The van der Waals surface area contributed by atoms with Crippen molar-refractivity contribution >= 4 is 12.0 Å². The SMILES string of the molecule is CC(C1CC1)N(C)C(=O)N1CCC(C(=O)O)CC1. The normalized spacial score (nSPS) is 22.7. The first-order valence-electron chi connectivity index (χ1n) is 6.75. The quantitative estimate of drug-likeness (QED) is 0.832. The average Bonchev–Trinajstić information content (AvgIpc) is 3.20. The molecule has 1 aliphatic carbocycles. The van der Waals surface area contributed by atoms with Crippen molar-refractivity contribution in [1.82, 2.24) is 9.80 Å². The Morgan fingerprint density at radius 2 is 1.78 bits per heavy atom. The van der Waals surface area contributed by atoms with Crippen LogP contribution in [0.1, 0.15) is 32.6 Å². The molecular weight excluding hydrogens is 232 g/mol. The molecule has 0 bridgehead atoms. The van der Waals surface area contributed by atoms with Crippen molar-refractivity contribution in [3.05, 3.63) is 0 Å². The van der Waals surface area contributed by atoms with Crippen LogP contribution >= 0.6 is 0 Å². The molecule has 5 heteroatoms. The highest BCUT2D eigenvalue weighted by molar-refractivity contribution is 5.75. The van der Waals surface area contributed by atoms with E-state index in [0.717, 1.165) is 0 Å². The minimum Gasteiger partial charge on any atom is -0.481 e. The fourth-order valence-corrected chi connectivity index (χ4v) is 2.61. The van der Waals surface area contributed by atoms with Gasteiger partial charge in [-0.15, -0.1) is 0 Å². The Hall–Kier alpha value is -1.26. The van der Waals surface area contributed by atoms with Crippen molar-refractivity contribution in [2.75, 3.05) is 20.1 Å². The van der Waals surface area contributed by atoms with Crippen LogP contribution in [0.25, 0.3) is 0 Å². The van der Waals surface area contributed by atoms with Crippen LogP contribution in [0.4, 0.5) is 4.79 Å². The molecule has 1 atom stereocenters. The lowest BCUT2D eigenvalue weighted by Crippen LogP contribution is -2.49. The molecule has 18 heavy (non-hydrogen) atoms. The van der Waals surface area contributed by atoms with Gasteiger partial charge in [0, 0.05) is 26.2 Å². The molecule has 2 amide bonds. The zero-order valence-corrected chi connectivity index (χ0v) is 11.1. The number of rotatable bonds is 3. The Labute approximate surface area is 108 Å². The third kappa shape index (κ3) is 2.76.